The van der Waals surface area contributed by atoms with Crippen LogP contribution >= 0.6 is 0 Å². The predicted octanol–water partition coefficient (Wildman–Crippen LogP) is 1.28. The molecule has 1 aromatic rings. The number of aromatic carboxylic acids is 1. The van der Waals surface area contributed by atoms with Gasteiger partial charge in [-0.1, -0.05) is 6.07 Å². The number of para-hydroxylation sites is 1. The van der Waals surface area contributed by atoms with E-state index < -0.39 is 5.97 Å². The zero-order chi connectivity index (χ0) is 15.4. The van der Waals surface area contributed by atoms with Gasteiger partial charge in [-0.3, -0.25) is 4.90 Å². The monoisotopic (exact) mass is 294 g/mol. The number of carbonyl (C=O) groups is 2. The van der Waals surface area contributed by atoms with Crippen molar-refractivity contribution in [2.24, 2.45) is 0 Å². The molecule has 0 aliphatic carbocycles. The highest BCUT2D eigenvalue weighted by atomic mass is 16.5. The maximum absolute atomic E-state index is 12.4. The number of carbonyl (C=O) groups excluding carboxylic acids is 1. The SMILES string of the molecule is COCCN(C)C(=O)N1CCOc2c(C(=O)O)cccc21. The minimum absolute atomic E-state index is 0.0598. The predicted molar refractivity (Wildman–Crippen MR) is 76.1 cm³/mol. The first-order valence-corrected chi connectivity index (χ1v) is 6.57. The molecule has 114 valence electrons. The van der Waals surface area contributed by atoms with Gasteiger partial charge in [0.15, 0.2) is 5.75 Å². The van der Waals surface area contributed by atoms with Crippen molar-refractivity contribution in [2.45, 2.75) is 0 Å². The van der Waals surface area contributed by atoms with Crippen molar-refractivity contribution in [2.75, 3.05) is 45.4 Å². The van der Waals surface area contributed by atoms with Crippen LogP contribution in [0.25, 0.3) is 0 Å². The van der Waals surface area contributed by atoms with E-state index in [9.17, 15) is 14.7 Å². The number of nitrogens with zero attached hydrogens (tertiary/aromatic N) is 2. The summed E-state index contributed by atoms with van der Waals surface area (Å²) in [5.74, 6) is -0.835. The van der Waals surface area contributed by atoms with E-state index in [0.29, 0.717) is 25.4 Å². The summed E-state index contributed by atoms with van der Waals surface area (Å²) in [7, 11) is 3.25. The van der Waals surface area contributed by atoms with Crippen LogP contribution in [0.4, 0.5) is 10.5 Å². The van der Waals surface area contributed by atoms with E-state index in [1.165, 1.54) is 15.9 Å². The van der Waals surface area contributed by atoms with Crippen LogP contribution in [-0.4, -0.2) is 62.5 Å². The number of urea groups is 1. The Kier molecular flexibility index (Phi) is 4.64. The number of hydrogen-bond donors (Lipinski definition) is 1. The second kappa shape index (κ2) is 6.45. The molecule has 2 amide bonds. The normalized spacial score (nSPS) is 13.3. The Morgan fingerprint density at radius 2 is 2.24 bits per heavy atom. The van der Waals surface area contributed by atoms with Gasteiger partial charge in [0, 0.05) is 20.7 Å². The van der Waals surface area contributed by atoms with Crippen LogP contribution < -0.4 is 9.64 Å². The molecule has 1 heterocycles. The number of benzene rings is 1. The van der Waals surface area contributed by atoms with E-state index >= 15 is 0 Å². The van der Waals surface area contributed by atoms with Gasteiger partial charge in [-0.2, -0.15) is 0 Å². The average molecular weight is 294 g/mol. The van der Waals surface area contributed by atoms with Crippen LogP contribution in [0.5, 0.6) is 5.75 Å². The van der Waals surface area contributed by atoms with Crippen molar-refractivity contribution < 1.29 is 24.2 Å². The van der Waals surface area contributed by atoms with Crippen LogP contribution in [-0.2, 0) is 4.74 Å². The number of anilines is 1. The van der Waals surface area contributed by atoms with E-state index in [4.69, 9.17) is 9.47 Å². The fourth-order valence-electron chi connectivity index (χ4n) is 2.15. The fourth-order valence-corrected chi connectivity index (χ4v) is 2.15. The Morgan fingerprint density at radius 3 is 2.90 bits per heavy atom. The molecule has 0 atom stereocenters. The second-order valence-electron chi connectivity index (χ2n) is 4.66. The molecule has 0 unspecified atom stereocenters. The molecule has 21 heavy (non-hydrogen) atoms. The van der Waals surface area contributed by atoms with Crippen LogP contribution in [0.1, 0.15) is 10.4 Å². The highest BCUT2D eigenvalue weighted by molar-refractivity contribution is 5.99. The van der Waals surface area contributed by atoms with Crippen LogP contribution in [0.3, 0.4) is 0 Å². The third-order valence-electron chi connectivity index (χ3n) is 3.27. The first-order valence-electron chi connectivity index (χ1n) is 6.57. The third-order valence-corrected chi connectivity index (χ3v) is 3.27. The molecular weight excluding hydrogens is 276 g/mol. The Balaban J connectivity index is 2.28. The lowest BCUT2D eigenvalue weighted by Gasteiger charge is -2.33. The molecule has 1 N–H and O–H groups in total. The number of methoxy groups -OCH3 is 1. The summed E-state index contributed by atoms with van der Waals surface area (Å²) in [5.41, 5.74) is 0.542. The molecule has 7 nitrogen and oxygen atoms in total. The maximum Gasteiger partial charge on any atom is 0.339 e. The van der Waals surface area contributed by atoms with Gasteiger partial charge in [0.25, 0.3) is 0 Å². The number of carboxylic acids is 1. The average Bonchev–Trinajstić information content (AvgIpc) is 2.50. The number of carboxylic acid groups (broad SMARTS) is 1. The lowest BCUT2D eigenvalue weighted by atomic mass is 10.1. The van der Waals surface area contributed by atoms with Gasteiger partial charge in [0.1, 0.15) is 12.2 Å². The highest BCUT2D eigenvalue weighted by Crippen LogP contribution is 2.35. The first-order chi connectivity index (χ1) is 10.1. The van der Waals surface area contributed by atoms with Crippen LogP contribution in [0.15, 0.2) is 18.2 Å². The Labute approximate surface area is 122 Å². The van der Waals surface area contributed by atoms with Gasteiger partial charge in [0.2, 0.25) is 0 Å². The molecule has 0 spiro atoms. The van der Waals surface area contributed by atoms with Crippen molar-refractivity contribution in [1.29, 1.82) is 0 Å². The van der Waals surface area contributed by atoms with Crippen molar-refractivity contribution in [3.05, 3.63) is 23.8 Å². The standard InChI is InChI=1S/C14H18N2O5/c1-15(6-8-20-2)14(19)16-7-9-21-12-10(13(17)18)4-3-5-11(12)16/h3-5H,6-9H2,1-2H3,(H,17,18). The first kappa shape index (κ1) is 15.1. The van der Waals surface area contributed by atoms with Gasteiger partial charge >= 0.3 is 12.0 Å². The topological polar surface area (TPSA) is 79.3 Å². The lowest BCUT2D eigenvalue weighted by molar-refractivity contribution is 0.0691. The van der Waals surface area contributed by atoms with Gasteiger partial charge in [-0.15, -0.1) is 0 Å². The quantitative estimate of drug-likeness (QED) is 0.905. The Bertz CT molecular complexity index is 546. The van der Waals surface area contributed by atoms with Gasteiger partial charge < -0.3 is 19.5 Å². The molecule has 2 rings (SSSR count). The van der Waals surface area contributed by atoms with E-state index in [1.807, 2.05) is 0 Å². The van der Waals surface area contributed by atoms with E-state index in [1.54, 1.807) is 26.3 Å². The van der Waals surface area contributed by atoms with Crippen molar-refractivity contribution in [1.82, 2.24) is 4.90 Å². The van der Waals surface area contributed by atoms with Crippen molar-refractivity contribution >= 4 is 17.7 Å². The zero-order valence-corrected chi connectivity index (χ0v) is 12.0. The summed E-state index contributed by atoms with van der Waals surface area (Å²) in [6.07, 6.45) is 0. The number of hydrogen-bond acceptors (Lipinski definition) is 4. The lowest BCUT2D eigenvalue weighted by Crippen LogP contribution is -2.46. The molecule has 0 fully saturated rings. The van der Waals surface area contributed by atoms with Crippen molar-refractivity contribution in [3.63, 3.8) is 0 Å². The fraction of sp³-hybridized carbons (Fsp3) is 0.429. The minimum Gasteiger partial charge on any atom is -0.489 e. The van der Waals surface area contributed by atoms with Crippen LogP contribution in [0, 0.1) is 0 Å². The molecule has 7 heteroatoms. The number of amides is 2. The molecule has 0 saturated heterocycles. The summed E-state index contributed by atoms with van der Waals surface area (Å²) in [4.78, 5) is 26.7. The number of fused-ring (bicyclic) bond motifs is 1. The number of rotatable bonds is 4. The van der Waals surface area contributed by atoms with E-state index in [2.05, 4.69) is 0 Å². The molecular formula is C14H18N2O5. The van der Waals surface area contributed by atoms with Crippen LogP contribution in [0.2, 0.25) is 0 Å². The molecule has 1 aliphatic heterocycles. The Hall–Kier alpha value is -2.28. The Morgan fingerprint density at radius 1 is 1.48 bits per heavy atom. The zero-order valence-electron chi connectivity index (χ0n) is 12.0. The summed E-state index contributed by atoms with van der Waals surface area (Å²) in [6, 6.07) is 4.54. The number of likely N-dealkylation sites (N-methyl/N-ethyl adjacent to an activating group) is 1. The summed E-state index contributed by atoms with van der Waals surface area (Å²) < 4.78 is 10.4. The molecule has 0 bridgehead atoms. The van der Waals surface area contributed by atoms with Gasteiger partial charge in [-0.05, 0) is 12.1 Å². The molecule has 0 saturated carbocycles. The largest absolute Gasteiger partial charge is 0.489 e. The second-order valence-corrected chi connectivity index (χ2v) is 4.66. The summed E-state index contributed by atoms with van der Waals surface area (Å²) in [6.45, 7) is 1.54. The molecule has 0 aromatic heterocycles. The third kappa shape index (κ3) is 3.08. The number of ether oxygens (including phenoxy) is 2. The van der Waals surface area contributed by atoms with E-state index in [0.717, 1.165) is 0 Å². The maximum atomic E-state index is 12.4. The highest BCUT2D eigenvalue weighted by Gasteiger charge is 2.29. The van der Waals surface area contributed by atoms with Crippen molar-refractivity contribution in [3.8, 4) is 5.75 Å². The van der Waals surface area contributed by atoms with Gasteiger partial charge in [-0.25, -0.2) is 9.59 Å². The molecule has 1 aliphatic rings. The van der Waals surface area contributed by atoms with Gasteiger partial charge in [0.05, 0.1) is 18.8 Å². The smallest absolute Gasteiger partial charge is 0.339 e. The summed E-state index contributed by atoms with van der Waals surface area (Å²) >= 11 is 0. The molecule has 1 aromatic carbocycles. The summed E-state index contributed by atoms with van der Waals surface area (Å²) in [5, 5.41) is 9.18. The minimum atomic E-state index is -1.08. The van der Waals surface area contributed by atoms with E-state index in [-0.39, 0.29) is 24.0 Å². The molecule has 0 radical (unpaired) electrons.